The molecule has 0 aliphatic heterocycles. The number of amides is 2. The van der Waals surface area contributed by atoms with Crippen LogP contribution in [0, 0.1) is 24.5 Å². The van der Waals surface area contributed by atoms with Crippen LogP contribution >= 0.6 is 0 Å². The molecule has 0 bridgehead atoms. The molecule has 8 nitrogen and oxygen atoms in total. The number of hydrogen-bond donors (Lipinski definition) is 3. The van der Waals surface area contributed by atoms with Crippen LogP contribution in [-0.2, 0) is 0 Å². The summed E-state index contributed by atoms with van der Waals surface area (Å²) in [6.07, 6.45) is 1.30. The molecule has 2 amide bonds. The normalized spacial score (nSPS) is 11.8. The van der Waals surface area contributed by atoms with Crippen molar-refractivity contribution in [3.8, 4) is 0 Å². The lowest BCUT2D eigenvalue weighted by Gasteiger charge is -2.17. The number of hydrogen-bond acceptors (Lipinski definition) is 6. The Labute approximate surface area is 197 Å². The average Bonchev–Trinajstić information content (AvgIpc) is 2.82. The van der Waals surface area contributed by atoms with Gasteiger partial charge in [0.15, 0.2) is 11.6 Å². The Morgan fingerprint density at radius 1 is 1.03 bits per heavy atom. The third-order valence-electron chi connectivity index (χ3n) is 5.36. The van der Waals surface area contributed by atoms with Crippen molar-refractivity contribution in [2.45, 2.75) is 19.9 Å². The van der Waals surface area contributed by atoms with Gasteiger partial charge in [0.05, 0.1) is 22.8 Å². The Morgan fingerprint density at radius 2 is 1.77 bits per heavy atom. The van der Waals surface area contributed by atoms with Crippen LogP contribution in [0.1, 0.15) is 44.9 Å². The number of nitrogens with two attached hydrogens (primary N) is 1. The molecule has 2 aromatic heterocycles. The fraction of sp³-hybridized carbons (Fsp3) is 0.125. The Morgan fingerprint density at radius 3 is 2.51 bits per heavy atom. The van der Waals surface area contributed by atoms with Gasteiger partial charge in [-0.2, -0.15) is 4.39 Å². The maximum Gasteiger partial charge on any atom is 0.263 e. The summed E-state index contributed by atoms with van der Waals surface area (Å²) in [5.74, 6) is -5.75. The number of carbonyl (C=O) groups excluding carboxylic acids is 2. The topological polar surface area (TPSA) is 123 Å². The molecule has 4 rings (SSSR count). The first-order valence-corrected chi connectivity index (χ1v) is 10.4. The third-order valence-corrected chi connectivity index (χ3v) is 5.36. The van der Waals surface area contributed by atoms with Crippen molar-refractivity contribution in [2.24, 2.45) is 5.73 Å². The van der Waals surface area contributed by atoms with Gasteiger partial charge in [-0.15, -0.1) is 0 Å². The first kappa shape index (κ1) is 23.6. The minimum atomic E-state index is -1.61. The molecule has 4 aromatic rings. The first-order valence-electron chi connectivity index (χ1n) is 10.4. The number of para-hydroxylation sites is 1. The van der Waals surface area contributed by atoms with Gasteiger partial charge >= 0.3 is 0 Å². The molecule has 0 spiro atoms. The van der Waals surface area contributed by atoms with E-state index in [0.717, 1.165) is 6.92 Å². The van der Waals surface area contributed by atoms with Crippen molar-refractivity contribution in [2.75, 3.05) is 10.6 Å². The molecule has 2 heterocycles. The van der Waals surface area contributed by atoms with Crippen LogP contribution in [0.2, 0.25) is 0 Å². The monoisotopic (exact) mass is 480 g/mol. The Kier molecular flexibility index (Phi) is 6.32. The van der Waals surface area contributed by atoms with Crippen LogP contribution in [-0.4, -0.2) is 26.8 Å². The highest BCUT2D eigenvalue weighted by Gasteiger charge is 2.24. The first-order chi connectivity index (χ1) is 16.7. The van der Waals surface area contributed by atoms with Crippen molar-refractivity contribution < 1.29 is 22.8 Å². The number of aromatic nitrogens is 3. The molecule has 4 N–H and O–H groups in total. The molecule has 0 radical (unpaired) electrons. The quantitative estimate of drug-likeness (QED) is 0.354. The van der Waals surface area contributed by atoms with Crippen LogP contribution in [0.3, 0.4) is 0 Å². The molecule has 0 fully saturated rings. The van der Waals surface area contributed by atoms with Gasteiger partial charge in [-0.05, 0) is 43.7 Å². The standard InChI is InChI=1S/C24H19F3N6O2/c1-11(32-23-16-8-4-7-15(22(28)34)20(16)29-10-30-23)13-5-3-6-14(9-13)33-24(35)17-19(26)18(25)12(2)31-21(17)27/h3-11H,1-2H3,(H2,28,34)(H,33,35)(H,29,30,32)/t11-/m1/s1. The van der Waals surface area contributed by atoms with Gasteiger partial charge in [0.1, 0.15) is 17.7 Å². The van der Waals surface area contributed by atoms with Gasteiger partial charge in [0.2, 0.25) is 5.95 Å². The van der Waals surface area contributed by atoms with E-state index in [2.05, 4.69) is 25.6 Å². The Balaban J connectivity index is 1.59. The number of fused-ring (bicyclic) bond motifs is 1. The number of pyridine rings is 1. The molecular formula is C24H19F3N6O2. The highest BCUT2D eigenvalue weighted by molar-refractivity contribution is 6.07. The molecule has 2 aromatic carbocycles. The average molecular weight is 480 g/mol. The predicted octanol–water partition coefficient (Wildman–Crippen LogP) is 4.27. The van der Waals surface area contributed by atoms with Gasteiger partial charge in [0.25, 0.3) is 11.8 Å². The summed E-state index contributed by atoms with van der Waals surface area (Å²) >= 11 is 0. The van der Waals surface area contributed by atoms with E-state index in [4.69, 9.17) is 5.73 Å². The minimum Gasteiger partial charge on any atom is -0.366 e. The van der Waals surface area contributed by atoms with Crippen LogP contribution in [0.5, 0.6) is 0 Å². The number of carbonyl (C=O) groups is 2. The lowest BCUT2D eigenvalue weighted by Crippen LogP contribution is -2.19. The molecule has 11 heteroatoms. The van der Waals surface area contributed by atoms with Crippen LogP contribution in [0.25, 0.3) is 10.9 Å². The molecule has 35 heavy (non-hydrogen) atoms. The van der Waals surface area contributed by atoms with E-state index >= 15 is 0 Å². The number of halogens is 3. The van der Waals surface area contributed by atoms with Gasteiger partial charge in [-0.1, -0.05) is 18.2 Å². The maximum absolute atomic E-state index is 14.2. The number of rotatable bonds is 6. The summed E-state index contributed by atoms with van der Waals surface area (Å²) in [5, 5.41) is 6.16. The third kappa shape index (κ3) is 4.60. The fourth-order valence-electron chi connectivity index (χ4n) is 3.57. The molecule has 178 valence electrons. The molecule has 0 unspecified atom stereocenters. The molecule has 0 aliphatic rings. The molecular weight excluding hydrogens is 461 g/mol. The predicted molar refractivity (Wildman–Crippen MR) is 123 cm³/mol. The number of primary amides is 1. The SMILES string of the molecule is Cc1nc(F)c(C(=O)Nc2cccc([C@@H](C)Nc3ncnc4c(C(N)=O)cccc34)c2)c(F)c1F. The maximum atomic E-state index is 14.2. The van der Waals surface area contributed by atoms with Gasteiger partial charge in [-0.3, -0.25) is 9.59 Å². The zero-order chi connectivity index (χ0) is 25.3. The van der Waals surface area contributed by atoms with Crippen molar-refractivity contribution >= 4 is 34.2 Å². The zero-order valence-corrected chi connectivity index (χ0v) is 18.6. The highest BCUT2D eigenvalue weighted by Crippen LogP contribution is 2.27. The summed E-state index contributed by atoms with van der Waals surface area (Å²) in [5.41, 5.74) is 5.40. The summed E-state index contributed by atoms with van der Waals surface area (Å²) in [6, 6.07) is 11.1. The molecule has 0 saturated carbocycles. The second-order valence-electron chi connectivity index (χ2n) is 7.72. The lowest BCUT2D eigenvalue weighted by molar-refractivity contribution is 0.0997. The smallest absolute Gasteiger partial charge is 0.263 e. The van der Waals surface area contributed by atoms with Crippen molar-refractivity contribution in [1.82, 2.24) is 15.0 Å². The Hall–Kier alpha value is -4.54. The van der Waals surface area contributed by atoms with E-state index in [1.807, 2.05) is 6.92 Å². The molecule has 1 atom stereocenters. The largest absolute Gasteiger partial charge is 0.366 e. The minimum absolute atomic E-state index is 0.226. The number of benzene rings is 2. The Bertz CT molecular complexity index is 1480. The molecule has 0 saturated heterocycles. The van der Waals surface area contributed by atoms with Crippen LogP contribution < -0.4 is 16.4 Å². The second-order valence-corrected chi connectivity index (χ2v) is 7.72. The molecule has 0 aliphatic carbocycles. The van der Waals surface area contributed by atoms with Gasteiger partial charge in [0, 0.05) is 11.1 Å². The summed E-state index contributed by atoms with van der Waals surface area (Å²) in [4.78, 5) is 35.8. The highest BCUT2D eigenvalue weighted by atomic mass is 19.2. The summed E-state index contributed by atoms with van der Waals surface area (Å²) in [7, 11) is 0. The van der Waals surface area contributed by atoms with E-state index < -0.39 is 40.7 Å². The van der Waals surface area contributed by atoms with Crippen molar-refractivity contribution in [3.05, 3.63) is 88.8 Å². The van der Waals surface area contributed by atoms with Crippen LogP contribution in [0.4, 0.5) is 24.7 Å². The second kappa shape index (κ2) is 9.37. The van der Waals surface area contributed by atoms with Crippen LogP contribution in [0.15, 0.2) is 48.8 Å². The van der Waals surface area contributed by atoms with Crippen molar-refractivity contribution in [3.63, 3.8) is 0 Å². The van der Waals surface area contributed by atoms with E-state index in [0.29, 0.717) is 22.3 Å². The van der Waals surface area contributed by atoms with Gasteiger partial charge < -0.3 is 16.4 Å². The summed E-state index contributed by atoms with van der Waals surface area (Å²) < 4.78 is 42.0. The van der Waals surface area contributed by atoms with Gasteiger partial charge in [-0.25, -0.2) is 23.7 Å². The number of nitrogens with zero attached hydrogens (tertiary/aromatic N) is 3. The number of nitrogens with one attached hydrogen (secondary N) is 2. The fourth-order valence-corrected chi connectivity index (χ4v) is 3.57. The van der Waals surface area contributed by atoms with E-state index in [1.165, 1.54) is 12.4 Å². The lowest BCUT2D eigenvalue weighted by atomic mass is 10.1. The van der Waals surface area contributed by atoms with Crippen molar-refractivity contribution in [1.29, 1.82) is 0 Å². The van der Waals surface area contributed by atoms with E-state index in [1.54, 1.807) is 36.4 Å². The van der Waals surface area contributed by atoms with E-state index in [9.17, 15) is 22.8 Å². The zero-order valence-electron chi connectivity index (χ0n) is 18.6. The summed E-state index contributed by atoms with van der Waals surface area (Å²) in [6.45, 7) is 2.92. The number of anilines is 2. The number of aryl methyl sites for hydroxylation is 1. The van der Waals surface area contributed by atoms with E-state index in [-0.39, 0.29) is 17.3 Å².